The van der Waals surface area contributed by atoms with Crippen LogP contribution in [0.15, 0.2) is 42.6 Å². The monoisotopic (exact) mass is 491 g/mol. The number of hydrogen-bond donors (Lipinski definition) is 1. The number of hydrogen-bond acceptors (Lipinski definition) is 4. The second-order valence-corrected chi connectivity index (χ2v) is 10.2. The number of aromatic nitrogens is 2. The normalized spacial score (nSPS) is 17.1. The Labute approximate surface area is 212 Å². The molecule has 0 bridgehead atoms. The van der Waals surface area contributed by atoms with Crippen molar-refractivity contribution in [3.63, 3.8) is 0 Å². The third-order valence-corrected chi connectivity index (χ3v) is 7.90. The smallest absolute Gasteiger partial charge is 0.257 e. The molecule has 0 spiro atoms. The summed E-state index contributed by atoms with van der Waals surface area (Å²) in [7, 11) is 0. The molecule has 0 radical (unpaired) electrons. The predicted octanol–water partition coefficient (Wildman–Crippen LogP) is 4.88. The summed E-state index contributed by atoms with van der Waals surface area (Å²) in [5, 5.41) is 8.90. The summed E-state index contributed by atoms with van der Waals surface area (Å²) in [6, 6.07) is 12.5. The molecule has 0 aliphatic carbocycles. The van der Waals surface area contributed by atoms with E-state index in [0.717, 1.165) is 61.5 Å². The zero-order valence-corrected chi connectivity index (χ0v) is 21.6. The number of rotatable bonds is 4. The van der Waals surface area contributed by atoms with Crippen molar-refractivity contribution in [2.75, 3.05) is 44.2 Å². The maximum absolute atomic E-state index is 13.8. The van der Waals surface area contributed by atoms with Crippen LogP contribution in [0.3, 0.4) is 0 Å². The van der Waals surface area contributed by atoms with Crippen LogP contribution in [0.5, 0.6) is 0 Å². The van der Waals surface area contributed by atoms with Crippen LogP contribution in [0.4, 0.5) is 5.69 Å². The number of piperazine rings is 1. The Balaban J connectivity index is 1.42. The van der Waals surface area contributed by atoms with Crippen LogP contribution in [0.1, 0.15) is 51.5 Å². The molecule has 1 N–H and O–H groups in total. The van der Waals surface area contributed by atoms with Crippen LogP contribution < -0.4 is 10.2 Å². The number of carbonyl (C=O) groups excluding carboxylic acids is 1. The molecule has 2 aliphatic heterocycles. The van der Waals surface area contributed by atoms with Crippen LogP contribution in [-0.2, 0) is 0 Å². The van der Waals surface area contributed by atoms with Crippen molar-refractivity contribution < 1.29 is 4.79 Å². The molecule has 3 heterocycles. The van der Waals surface area contributed by atoms with E-state index in [0.29, 0.717) is 18.1 Å². The molecule has 3 aromatic rings. The van der Waals surface area contributed by atoms with Crippen molar-refractivity contribution in [3.8, 4) is 5.69 Å². The average molecular weight is 492 g/mol. The van der Waals surface area contributed by atoms with Crippen LogP contribution in [0.2, 0.25) is 5.02 Å². The van der Waals surface area contributed by atoms with Crippen LogP contribution in [-0.4, -0.2) is 59.9 Å². The number of aryl methyl sites for hydroxylation is 2. The number of carbonyl (C=O) groups is 1. The molecule has 1 amide bonds. The minimum atomic E-state index is 0.0877. The molecule has 0 unspecified atom stereocenters. The highest BCUT2D eigenvalue weighted by molar-refractivity contribution is 6.31. The second-order valence-electron chi connectivity index (χ2n) is 9.83. The summed E-state index contributed by atoms with van der Waals surface area (Å²) in [5.41, 5.74) is 7.52. The van der Waals surface area contributed by atoms with Crippen molar-refractivity contribution in [2.24, 2.45) is 0 Å². The molecule has 184 valence electrons. The first-order valence-electron chi connectivity index (χ1n) is 12.6. The molecule has 35 heavy (non-hydrogen) atoms. The zero-order valence-electron chi connectivity index (χ0n) is 20.9. The van der Waals surface area contributed by atoms with Gasteiger partial charge in [-0.2, -0.15) is 5.10 Å². The molecule has 2 aromatic carbocycles. The summed E-state index contributed by atoms with van der Waals surface area (Å²) in [5.74, 6) is 0.373. The Morgan fingerprint density at radius 1 is 1.00 bits per heavy atom. The summed E-state index contributed by atoms with van der Waals surface area (Å²) in [6.45, 7) is 11.3. The van der Waals surface area contributed by atoms with E-state index in [1.165, 1.54) is 16.8 Å². The van der Waals surface area contributed by atoms with Gasteiger partial charge in [0.2, 0.25) is 0 Å². The lowest BCUT2D eigenvalue weighted by molar-refractivity contribution is 0.0744. The van der Waals surface area contributed by atoms with E-state index in [4.69, 9.17) is 16.7 Å². The Kier molecular flexibility index (Phi) is 6.85. The van der Waals surface area contributed by atoms with Gasteiger partial charge in [0.15, 0.2) is 0 Å². The van der Waals surface area contributed by atoms with Gasteiger partial charge in [-0.3, -0.25) is 4.79 Å². The minimum Gasteiger partial charge on any atom is -0.368 e. The third-order valence-electron chi connectivity index (χ3n) is 7.49. The van der Waals surface area contributed by atoms with E-state index >= 15 is 0 Å². The first-order valence-corrected chi connectivity index (χ1v) is 13.0. The van der Waals surface area contributed by atoms with Crippen LogP contribution in [0, 0.1) is 20.8 Å². The van der Waals surface area contributed by atoms with Gasteiger partial charge in [-0.1, -0.05) is 35.4 Å². The highest BCUT2D eigenvalue weighted by Gasteiger charge is 2.31. The summed E-state index contributed by atoms with van der Waals surface area (Å²) >= 11 is 6.45. The summed E-state index contributed by atoms with van der Waals surface area (Å²) < 4.78 is 1.97. The molecule has 6 nitrogen and oxygen atoms in total. The summed E-state index contributed by atoms with van der Waals surface area (Å²) in [6.07, 6.45) is 3.76. The first-order chi connectivity index (χ1) is 16.9. The largest absolute Gasteiger partial charge is 0.368 e. The van der Waals surface area contributed by atoms with Crippen molar-refractivity contribution in [1.82, 2.24) is 20.0 Å². The van der Waals surface area contributed by atoms with Gasteiger partial charge >= 0.3 is 0 Å². The minimum absolute atomic E-state index is 0.0877. The summed E-state index contributed by atoms with van der Waals surface area (Å²) in [4.78, 5) is 18.2. The maximum Gasteiger partial charge on any atom is 0.257 e. The highest BCUT2D eigenvalue weighted by Crippen LogP contribution is 2.33. The fraction of sp³-hybridized carbons (Fsp3) is 0.429. The highest BCUT2D eigenvalue weighted by atomic mass is 35.5. The average Bonchev–Trinajstić information content (AvgIpc) is 3.31. The van der Waals surface area contributed by atoms with E-state index in [2.05, 4.69) is 42.3 Å². The molecule has 2 aliphatic rings. The Morgan fingerprint density at radius 2 is 1.74 bits per heavy atom. The van der Waals surface area contributed by atoms with Gasteiger partial charge in [-0.05, 0) is 76.0 Å². The fourth-order valence-corrected chi connectivity index (χ4v) is 5.68. The van der Waals surface area contributed by atoms with Crippen LogP contribution in [0.25, 0.3) is 5.69 Å². The van der Waals surface area contributed by atoms with Gasteiger partial charge < -0.3 is 15.1 Å². The predicted molar refractivity (Wildman–Crippen MR) is 142 cm³/mol. The standard InChI is InChI=1S/C28H34ClN5O/c1-19-7-8-25(20(2)17-19)32-13-15-33(16-14-32)28(35)23-18-31-34(26-6-4-5-24(29)21(26)3)27(23)22-9-11-30-12-10-22/h4-8,17-18,22,30H,9-16H2,1-3H3. The molecule has 7 heteroatoms. The first kappa shape index (κ1) is 23.9. The number of halogens is 1. The van der Waals surface area contributed by atoms with E-state index < -0.39 is 0 Å². The van der Waals surface area contributed by atoms with Gasteiger partial charge in [-0.15, -0.1) is 0 Å². The van der Waals surface area contributed by atoms with E-state index in [-0.39, 0.29) is 11.8 Å². The van der Waals surface area contributed by atoms with Gasteiger partial charge in [0.25, 0.3) is 5.91 Å². The number of nitrogens with one attached hydrogen (secondary N) is 1. The van der Waals surface area contributed by atoms with Gasteiger partial charge in [0.05, 0.1) is 23.1 Å². The van der Waals surface area contributed by atoms with Crippen molar-refractivity contribution in [1.29, 1.82) is 0 Å². The van der Waals surface area contributed by atoms with Gasteiger partial charge in [0.1, 0.15) is 0 Å². The van der Waals surface area contributed by atoms with E-state index in [9.17, 15) is 4.79 Å². The fourth-order valence-electron chi connectivity index (χ4n) is 5.51. The Hall–Kier alpha value is -2.83. The third kappa shape index (κ3) is 4.69. The molecule has 0 atom stereocenters. The van der Waals surface area contributed by atoms with Crippen molar-refractivity contribution in [3.05, 3.63) is 75.6 Å². The molecule has 0 saturated carbocycles. The lowest BCUT2D eigenvalue weighted by Crippen LogP contribution is -2.49. The quantitative estimate of drug-likeness (QED) is 0.565. The van der Waals surface area contributed by atoms with Crippen molar-refractivity contribution >= 4 is 23.2 Å². The number of anilines is 1. The van der Waals surface area contributed by atoms with Crippen molar-refractivity contribution in [2.45, 2.75) is 39.5 Å². The lowest BCUT2D eigenvalue weighted by Gasteiger charge is -2.37. The molecule has 2 fully saturated rings. The van der Waals surface area contributed by atoms with E-state index in [1.807, 2.05) is 34.7 Å². The van der Waals surface area contributed by atoms with E-state index in [1.54, 1.807) is 6.20 Å². The maximum atomic E-state index is 13.8. The Bertz CT molecular complexity index is 1220. The lowest BCUT2D eigenvalue weighted by atomic mass is 9.91. The van der Waals surface area contributed by atoms with Gasteiger partial charge in [0, 0.05) is 42.8 Å². The van der Waals surface area contributed by atoms with Gasteiger partial charge in [-0.25, -0.2) is 4.68 Å². The molecule has 5 rings (SSSR count). The number of amides is 1. The second kappa shape index (κ2) is 10.0. The molecule has 1 aromatic heterocycles. The number of nitrogens with zero attached hydrogens (tertiary/aromatic N) is 4. The Morgan fingerprint density at radius 3 is 2.46 bits per heavy atom. The number of benzene rings is 2. The topological polar surface area (TPSA) is 53.4 Å². The SMILES string of the molecule is Cc1ccc(N2CCN(C(=O)c3cnn(-c4cccc(Cl)c4C)c3C3CCNCC3)CC2)c(C)c1. The number of piperidine rings is 1. The van der Waals surface area contributed by atoms with Crippen LogP contribution >= 0.6 is 11.6 Å². The molecular formula is C28H34ClN5O. The molecule has 2 saturated heterocycles. The zero-order chi connectivity index (χ0) is 24.5. The molecular weight excluding hydrogens is 458 g/mol.